The fourth-order valence-corrected chi connectivity index (χ4v) is 2.55. The molecule has 0 saturated heterocycles. The summed E-state index contributed by atoms with van der Waals surface area (Å²) in [6.45, 7) is 6.01. The van der Waals surface area contributed by atoms with Crippen LogP contribution in [0.1, 0.15) is 27.2 Å². The average Bonchev–Trinajstić information content (AvgIpc) is 2.59. The van der Waals surface area contributed by atoms with Crippen LogP contribution in [-0.4, -0.2) is 10.9 Å². The molecule has 0 unspecified atom stereocenters. The van der Waals surface area contributed by atoms with Crippen LogP contribution in [0.5, 0.6) is 0 Å². The summed E-state index contributed by atoms with van der Waals surface area (Å²) >= 11 is 0. The Kier molecular flexibility index (Phi) is 4.80. The zero-order chi connectivity index (χ0) is 17.8. The maximum atomic E-state index is 12.4. The summed E-state index contributed by atoms with van der Waals surface area (Å²) in [6.07, 6.45) is 1.67. The third-order valence-electron chi connectivity index (χ3n) is 3.94. The Balaban J connectivity index is 1.71. The topological polar surface area (TPSA) is 54.0 Å². The van der Waals surface area contributed by atoms with Crippen LogP contribution in [0.15, 0.2) is 60.8 Å². The molecule has 2 N–H and O–H groups in total. The van der Waals surface area contributed by atoms with Crippen molar-refractivity contribution in [1.82, 2.24) is 4.98 Å². The lowest BCUT2D eigenvalue weighted by Gasteiger charge is -2.10. The van der Waals surface area contributed by atoms with Crippen molar-refractivity contribution in [3.8, 4) is 0 Å². The summed E-state index contributed by atoms with van der Waals surface area (Å²) in [4.78, 5) is 16.7. The molecule has 0 atom stereocenters. The van der Waals surface area contributed by atoms with Crippen molar-refractivity contribution in [2.24, 2.45) is 0 Å². The Morgan fingerprint density at radius 2 is 1.68 bits per heavy atom. The van der Waals surface area contributed by atoms with Gasteiger partial charge in [-0.25, -0.2) is 4.98 Å². The molecule has 1 aromatic heterocycles. The van der Waals surface area contributed by atoms with E-state index in [9.17, 15) is 4.79 Å². The fourth-order valence-electron chi connectivity index (χ4n) is 2.55. The summed E-state index contributed by atoms with van der Waals surface area (Å²) in [6, 6.07) is 17.6. The molecule has 0 radical (unpaired) electrons. The predicted octanol–water partition coefficient (Wildman–Crippen LogP) is 5.00. The molecule has 2 aromatic carbocycles. The second kappa shape index (κ2) is 7.18. The molecule has 4 heteroatoms. The first kappa shape index (κ1) is 16.7. The summed E-state index contributed by atoms with van der Waals surface area (Å²) in [5.41, 5.74) is 6.35. The van der Waals surface area contributed by atoms with Gasteiger partial charge in [0.2, 0.25) is 0 Å². The molecule has 0 bridgehead atoms. The second-order valence-electron chi connectivity index (χ2n) is 6.20. The van der Waals surface area contributed by atoms with Gasteiger partial charge in [0.1, 0.15) is 5.69 Å². The van der Waals surface area contributed by atoms with Crippen LogP contribution in [-0.2, 0) is 0 Å². The molecular formula is C21H21N3O. The first-order valence-corrected chi connectivity index (χ1v) is 8.19. The highest BCUT2D eigenvalue weighted by molar-refractivity contribution is 6.03. The molecule has 0 spiro atoms. The van der Waals surface area contributed by atoms with E-state index in [0.717, 1.165) is 28.2 Å². The lowest BCUT2D eigenvalue weighted by atomic mass is 10.1. The normalized spacial score (nSPS) is 10.4. The third-order valence-corrected chi connectivity index (χ3v) is 3.94. The second-order valence-corrected chi connectivity index (χ2v) is 6.20. The fraction of sp³-hybridized carbons (Fsp3) is 0.143. The Bertz CT molecular complexity index is 901. The van der Waals surface area contributed by atoms with E-state index in [2.05, 4.69) is 21.7 Å². The van der Waals surface area contributed by atoms with Crippen molar-refractivity contribution in [2.75, 3.05) is 10.6 Å². The Morgan fingerprint density at radius 1 is 0.880 bits per heavy atom. The molecule has 25 heavy (non-hydrogen) atoms. The summed E-state index contributed by atoms with van der Waals surface area (Å²) in [7, 11) is 0. The van der Waals surface area contributed by atoms with Crippen molar-refractivity contribution < 1.29 is 4.79 Å². The number of anilines is 3. The van der Waals surface area contributed by atoms with Crippen LogP contribution >= 0.6 is 0 Å². The van der Waals surface area contributed by atoms with E-state index >= 15 is 0 Å². The van der Waals surface area contributed by atoms with Crippen LogP contribution in [0.25, 0.3) is 0 Å². The maximum absolute atomic E-state index is 12.4. The first-order valence-electron chi connectivity index (χ1n) is 8.19. The highest BCUT2D eigenvalue weighted by atomic mass is 16.1. The number of carbonyl (C=O) groups is 1. The number of hydrogen-bond acceptors (Lipinski definition) is 3. The van der Waals surface area contributed by atoms with Crippen molar-refractivity contribution in [2.45, 2.75) is 20.8 Å². The van der Waals surface area contributed by atoms with E-state index in [0.29, 0.717) is 5.69 Å². The van der Waals surface area contributed by atoms with Crippen LogP contribution in [0.4, 0.5) is 17.1 Å². The minimum atomic E-state index is -0.212. The maximum Gasteiger partial charge on any atom is 0.274 e. The van der Waals surface area contributed by atoms with Crippen LogP contribution in [0.2, 0.25) is 0 Å². The Morgan fingerprint density at radius 3 is 2.40 bits per heavy atom. The van der Waals surface area contributed by atoms with E-state index < -0.39 is 0 Å². The minimum Gasteiger partial charge on any atom is -0.354 e. The van der Waals surface area contributed by atoms with Crippen LogP contribution < -0.4 is 10.6 Å². The molecule has 1 heterocycles. The number of hydrogen-bond donors (Lipinski definition) is 2. The van der Waals surface area contributed by atoms with Crippen molar-refractivity contribution >= 4 is 23.0 Å². The summed E-state index contributed by atoms with van der Waals surface area (Å²) in [5.74, 6) is -0.212. The SMILES string of the molecule is Cc1cccc(Nc2ccc(C(=O)Nc3cc(C)ccc3C)nc2)c1. The number of amides is 1. The van der Waals surface area contributed by atoms with Gasteiger partial charge in [-0.05, 0) is 67.8 Å². The minimum absolute atomic E-state index is 0.212. The molecule has 0 aliphatic rings. The number of carbonyl (C=O) groups excluding carboxylic acids is 1. The number of benzene rings is 2. The quantitative estimate of drug-likeness (QED) is 0.707. The van der Waals surface area contributed by atoms with Crippen LogP contribution in [0.3, 0.4) is 0 Å². The predicted molar refractivity (Wildman–Crippen MR) is 103 cm³/mol. The Hall–Kier alpha value is -3.14. The number of nitrogens with one attached hydrogen (secondary N) is 2. The molecule has 1 amide bonds. The number of aryl methyl sites for hydroxylation is 3. The number of rotatable bonds is 4. The lowest BCUT2D eigenvalue weighted by Crippen LogP contribution is -2.14. The molecule has 3 aromatic rings. The van der Waals surface area contributed by atoms with E-state index in [1.807, 2.05) is 63.2 Å². The van der Waals surface area contributed by atoms with Gasteiger partial charge in [-0.2, -0.15) is 0 Å². The number of pyridine rings is 1. The average molecular weight is 331 g/mol. The standard InChI is InChI=1S/C21H21N3O/c1-14-5-4-6-17(11-14)23-18-9-10-19(22-13-18)21(25)24-20-12-15(2)7-8-16(20)3/h4-13,23H,1-3H3,(H,24,25). The van der Waals surface area contributed by atoms with Gasteiger partial charge in [-0.15, -0.1) is 0 Å². The van der Waals surface area contributed by atoms with Gasteiger partial charge in [0.15, 0.2) is 0 Å². The zero-order valence-corrected chi connectivity index (χ0v) is 14.6. The van der Waals surface area contributed by atoms with Gasteiger partial charge in [0, 0.05) is 11.4 Å². The molecule has 3 rings (SSSR count). The Labute approximate surface area is 147 Å². The monoisotopic (exact) mass is 331 g/mol. The molecule has 0 fully saturated rings. The third kappa shape index (κ3) is 4.23. The van der Waals surface area contributed by atoms with Gasteiger partial charge in [-0.3, -0.25) is 4.79 Å². The van der Waals surface area contributed by atoms with Gasteiger partial charge in [0.25, 0.3) is 5.91 Å². The molecule has 0 saturated carbocycles. The highest BCUT2D eigenvalue weighted by Crippen LogP contribution is 2.19. The van der Waals surface area contributed by atoms with Crippen molar-refractivity contribution in [1.29, 1.82) is 0 Å². The lowest BCUT2D eigenvalue weighted by molar-refractivity contribution is 0.102. The van der Waals surface area contributed by atoms with E-state index in [1.54, 1.807) is 12.3 Å². The van der Waals surface area contributed by atoms with E-state index in [-0.39, 0.29) is 5.91 Å². The molecular weight excluding hydrogens is 310 g/mol. The zero-order valence-electron chi connectivity index (χ0n) is 14.6. The van der Waals surface area contributed by atoms with Gasteiger partial charge in [0.05, 0.1) is 11.9 Å². The largest absolute Gasteiger partial charge is 0.354 e. The van der Waals surface area contributed by atoms with Crippen molar-refractivity contribution in [3.05, 3.63) is 83.2 Å². The van der Waals surface area contributed by atoms with Gasteiger partial charge < -0.3 is 10.6 Å². The van der Waals surface area contributed by atoms with Gasteiger partial charge >= 0.3 is 0 Å². The molecule has 0 aliphatic heterocycles. The number of aromatic nitrogens is 1. The van der Waals surface area contributed by atoms with E-state index in [1.165, 1.54) is 5.56 Å². The molecule has 4 nitrogen and oxygen atoms in total. The summed E-state index contributed by atoms with van der Waals surface area (Å²) in [5, 5.41) is 6.21. The highest BCUT2D eigenvalue weighted by Gasteiger charge is 2.09. The molecule has 0 aliphatic carbocycles. The van der Waals surface area contributed by atoms with Crippen LogP contribution in [0, 0.1) is 20.8 Å². The first-order chi connectivity index (χ1) is 12.0. The summed E-state index contributed by atoms with van der Waals surface area (Å²) < 4.78 is 0. The number of nitrogens with zero attached hydrogens (tertiary/aromatic N) is 1. The van der Waals surface area contributed by atoms with Crippen molar-refractivity contribution in [3.63, 3.8) is 0 Å². The smallest absolute Gasteiger partial charge is 0.274 e. The molecule has 126 valence electrons. The van der Waals surface area contributed by atoms with E-state index in [4.69, 9.17) is 0 Å². The van der Waals surface area contributed by atoms with Gasteiger partial charge in [-0.1, -0.05) is 24.3 Å².